The van der Waals surface area contributed by atoms with Gasteiger partial charge >= 0.3 is 6.18 Å². The van der Waals surface area contributed by atoms with Crippen molar-refractivity contribution >= 4 is 11.8 Å². The van der Waals surface area contributed by atoms with Crippen LogP contribution in [-0.2, 0) is 35.2 Å². The third-order valence-corrected chi connectivity index (χ3v) is 6.99. The Morgan fingerprint density at radius 3 is 2.47 bits per heavy atom. The zero-order valence-corrected chi connectivity index (χ0v) is 23.3. The molecule has 1 aliphatic heterocycles. The topological polar surface area (TPSA) is 141 Å². The van der Waals surface area contributed by atoms with Gasteiger partial charge in [-0.05, 0) is 65.5 Å². The van der Waals surface area contributed by atoms with Crippen LogP contribution in [0.5, 0.6) is 5.75 Å². The number of halogens is 3. The maximum atomic E-state index is 13.8. The van der Waals surface area contributed by atoms with E-state index in [1.165, 1.54) is 12.1 Å². The molecule has 3 N–H and O–H groups in total. The number of aliphatic hydroxyl groups excluding tert-OH is 1. The van der Waals surface area contributed by atoms with E-state index in [1.807, 2.05) is 12.1 Å². The van der Waals surface area contributed by atoms with Crippen LogP contribution < -0.4 is 15.6 Å². The number of carbonyl (C=O) groups excluding carboxylic acids is 1. The van der Waals surface area contributed by atoms with Gasteiger partial charge in [-0.1, -0.05) is 41.5 Å². The normalized spacial score (nSPS) is 17.9. The maximum absolute atomic E-state index is 13.8. The Hall–Kier alpha value is -4.58. The monoisotopic (exact) mass is 596 g/mol. The average molecular weight is 597 g/mol. The molecule has 0 saturated carbocycles. The molecule has 226 valence electrons. The summed E-state index contributed by atoms with van der Waals surface area (Å²) in [6.45, 7) is 2.27. The van der Waals surface area contributed by atoms with Gasteiger partial charge in [0.05, 0.1) is 18.7 Å². The highest BCUT2D eigenvalue weighted by molar-refractivity contribution is 6.00. The van der Waals surface area contributed by atoms with Crippen LogP contribution in [0.15, 0.2) is 82.9 Å². The third kappa shape index (κ3) is 7.83. The van der Waals surface area contributed by atoms with E-state index in [0.717, 1.165) is 23.3 Å². The Kier molecular flexibility index (Phi) is 10.3. The van der Waals surface area contributed by atoms with Crippen molar-refractivity contribution < 1.29 is 32.5 Å². The highest BCUT2D eigenvalue weighted by atomic mass is 19.4. The zero-order valence-electron chi connectivity index (χ0n) is 23.3. The molecular formula is C30H31F3N6O4. The lowest BCUT2D eigenvalue weighted by Crippen LogP contribution is -2.55. The van der Waals surface area contributed by atoms with Crippen molar-refractivity contribution in [2.45, 2.75) is 50.7 Å². The van der Waals surface area contributed by atoms with E-state index < -0.39 is 29.3 Å². The number of aliphatic hydroxyl groups is 1. The molecule has 13 heteroatoms. The lowest BCUT2D eigenvalue weighted by Gasteiger charge is -2.29. The van der Waals surface area contributed by atoms with Gasteiger partial charge in [0.2, 0.25) is 5.90 Å². The second-order valence-corrected chi connectivity index (χ2v) is 9.89. The number of hydrogen-bond donors (Lipinski definition) is 3. The molecule has 0 saturated heterocycles. The summed E-state index contributed by atoms with van der Waals surface area (Å²) in [5.74, 6) is 0.344. The number of hydrogen-bond acceptors (Lipinski definition) is 7. The maximum Gasteiger partial charge on any atom is 0.416 e. The smallest absolute Gasteiger partial charge is 0.416 e. The highest BCUT2D eigenvalue weighted by Crippen LogP contribution is 2.34. The zero-order chi connectivity index (χ0) is 30.9. The molecule has 0 radical (unpaired) electrons. The molecule has 3 aromatic carbocycles. The quantitative estimate of drug-likeness (QED) is 0.0813. The summed E-state index contributed by atoms with van der Waals surface area (Å²) in [7, 11) is 0. The van der Waals surface area contributed by atoms with E-state index in [2.05, 4.69) is 20.9 Å². The molecule has 4 rings (SSSR count). The molecule has 43 heavy (non-hydrogen) atoms. The number of alkyl halides is 3. The van der Waals surface area contributed by atoms with Crippen LogP contribution >= 0.6 is 0 Å². The van der Waals surface area contributed by atoms with Gasteiger partial charge < -0.3 is 14.6 Å². The van der Waals surface area contributed by atoms with Crippen LogP contribution in [0.1, 0.15) is 41.2 Å². The van der Waals surface area contributed by atoms with Crippen LogP contribution in [0.3, 0.4) is 0 Å². The first kappa shape index (κ1) is 31.4. The van der Waals surface area contributed by atoms with Crippen molar-refractivity contribution in [1.29, 1.82) is 0 Å². The fourth-order valence-electron chi connectivity index (χ4n) is 4.57. The number of nitrogens with zero attached hydrogens (tertiary/aromatic N) is 4. The molecule has 0 aliphatic carbocycles. The molecule has 0 unspecified atom stereocenters. The first-order valence-electron chi connectivity index (χ1n) is 13.5. The first-order chi connectivity index (χ1) is 20.7. The molecule has 1 aliphatic rings. The Morgan fingerprint density at radius 1 is 1.12 bits per heavy atom. The summed E-state index contributed by atoms with van der Waals surface area (Å²) in [5.41, 5.74) is 14.7. The number of benzene rings is 3. The molecule has 10 nitrogen and oxygen atoms in total. The van der Waals surface area contributed by atoms with Crippen molar-refractivity contribution in [1.82, 2.24) is 10.9 Å². The Morgan fingerprint density at radius 2 is 1.81 bits per heavy atom. The van der Waals surface area contributed by atoms with Crippen LogP contribution in [0, 0.1) is 0 Å². The average Bonchev–Trinajstić information content (AvgIpc) is 3.33. The number of azide groups is 1. The fraction of sp³-hybridized carbons (Fsp3) is 0.333. The predicted molar refractivity (Wildman–Crippen MR) is 153 cm³/mol. The van der Waals surface area contributed by atoms with Crippen molar-refractivity contribution in [3.05, 3.63) is 111 Å². The van der Waals surface area contributed by atoms with E-state index in [0.29, 0.717) is 29.9 Å². The van der Waals surface area contributed by atoms with Gasteiger partial charge in [0.15, 0.2) is 5.54 Å². The number of ether oxygens (including phenoxy) is 2. The summed E-state index contributed by atoms with van der Waals surface area (Å²) in [5, 5.41) is 12.6. The molecule has 2 atom stereocenters. The third-order valence-electron chi connectivity index (χ3n) is 6.99. The molecule has 0 aromatic heterocycles. The minimum Gasteiger partial charge on any atom is -0.494 e. The van der Waals surface area contributed by atoms with Gasteiger partial charge in [0, 0.05) is 36.5 Å². The van der Waals surface area contributed by atoms with E-state index in [1.54, 1.807) is 43.3 Å². The first-order valence-corrected chi connectivity index (χ1v) is 13.5. The van der Waals surface area contributed by atoms with Crippen LogP contribution in [0.25, 0.3) is 10.4 Å². The van der Waals surface area contributed by atoms with Gasteiger partial charge in [0.1, 0.15) is 11.9 Å². The molecule has 0 spiro atoms. The minimum absolute atomic E-state index is 0.0238. The number of nitrogens with one attached hydrogen (secondary N) is 2. The summed E-state index contributed by atoms with van der Waals surface area (Å²) < 4.78 is 50.4. The number of rotatable bonds is 13. The minimum atomic E-state index is -4.44. The van der Waals surface area contributed by atoms with Crippen molar-refractivity contribution in [2.24, 2.45) is 10.1 Å². The van der Waals surface area contributed by atoms with E-state index in [4.69, 9.17) is 25.1 Å². The Bertz CT molecular complexity index is 1470. The van der Waals surface area contributed by atoms with Gasteiger partial charge in [0.25, 0.3) is 5.91 Å². The number of hydrazine groups is 1. The lowest BCUT2D eigenvalue weighted by molar-refractivity contribution is -0.137. The standard InChI is InChI=1S/C30H31F3N6O4/c1-20-29(17-23-5-2-3-6-24(23)19-36-39-34,28(41)38-35-18-21-7-11-25(12-8-21)30(31,32)33)37-27(43-20)22-9-13-26(14-10-22)42-16-4-15-40/h2-3,5-14,20,35,40H,4,15-19H2,1H3,(H,38,41)/t20-,29-/m0/s1. The molecule has 3 aromatic rings. The Balaban J connectivity index is 1.58. The summed E-state index contributed by atoms with van der Waals surface area (Å²) in [6, 6.07) is 18.9. The summed E-state index contributed by atoms with van der Waals surface area (Å²) >= 11 is 0. The van der Waals surface area contributed by atoms with Crippen LogP contribution in [0.2, 0.25) is 0 Å². The molecule has 1 heterocycles. The largest absolute Gasteiger partial charge is 0.494 e. The fourth-order valence-corrected chi connectivity index (χ4v) is 4.57. The second-order valence-electron chi connectivity index (χ2n) is 9.89. The van der Waals surface area contributed by atoms with Gasteiger partial charge in [-0.25, -0.2) is 10.4 Å². The number of aliphatic imine (C=N–C) groups is 1. The van der Waals surface area contributed by atoms with Crippen molar-refractivity contribution in [3.63, 3.8) is 0 Å². The van der Waals surface area contributed by atoms with E-state index in [-0.39, 0.29) is 32.0 Å². The molecule has 0 bridgehead atoms. The molecular weight excluding hydrogens is 565 g/mol. The van der Waals surface area contributed by atoms with Crippen molar-refractivity contribution in [3.8, 4) is 5.75 Å². The highest BCUT2D eigenvalue weighted by Gasteiger charge is 2.50. The summed E-state index contributed by atoms with van der Waals surface area (Å²) in [6.07, 6.45) is -4.54. The van der Waals surface area contributed by atoms with E-state index >= 15 is 0 Å². The number of carbonyl (C=O) groups is 1. The van der Waals surface area contributed by atoms with Crippen molar-refractivity contribution in [2.75, 3.05) is 13.2 Å². The van der Waals surface area contributed by atoms with Gasteiger partial charge in [-0.3, -0.25) is 10.2 Å². The Labute approximate surface area is 246 Å². The van der Waals surface area contributed by atoms with Gasteiger partial charge in [-0.15, -0.1) is 0 Å². The SMILES string of the molecule is C[C@@H]1OC(c2ccc(OCCCO)cc2)=N[C@]1(Cc1ccccc1CN=[N+]=[N-])C(=O)NNCc1ccc(C(F)(F)F)cc1. The molecule has 0 fully saturated rings. The van der Waals surface area contributed by atoms with Gasteiger partial charge in [-0.2, -0.15) is 13.2 Å². The number of amides is 1. The van der Waals surface area contributed by atoms with E-state index in [9.17, 15) is 18.0 Å². The molecule has 1 amide bonds. The van der Waals surface area contributed by atoms with Crippen LogP contribution in [-0.4, -0.2) is 41.8 Å². The lowest BCUT2D eigenvalue weighted by atomic mass is 9.84. The van der Waals surface area contributed by atoms with Crippen LogP contribution in [0.4, 0.5) is 13.2 Å². The second kappa shape index (κ2) is 14.1. The predicted octanol–water partition coefficient (Wildman–Crippen LogP) is 5.24. The summed E-state index contributed by atoms with van der Waals surface area (Å²) in [4.78, 5) is 21.5.